The van der Waals surface area contributed by atoms with Crippen LogP contribution in [0.25, 0.3) is 0 Å². The second-order valence-electron chi connectivity index (χ2n) is 8.22. The molecule has 0 unspecified atom stereocenters. The first-order chi connectivity index (χ1) is 14.9. The molecule has 1 aromatic heterocycles. The van der Waals surface area contributed by atoms with Crippen molar-refractivity contribution in [2.75, 3.05) is 4.90 Å². The molecule has 0 saturated heterocycles. The number of H-pyrrole nitrogens is 1. The van der Waals surface area contributed by atoms with Crippen molar-refractivity contribution in [1.29, 1.82) is 0 Å². The van der Waals surface area contributed by atoms with Gasteiger partial charge in [0.1, 0.15) is 5.56 Å². The average molecular weight is 417 g/mol. The number of nitrogens with zero attached hydrogens (tertiary/aromatic N) is 1. The average Bonchev–Trinajstić information content (AvgIpc) is 2.74. The molecule has 1 N–H and O–H groups in total. The zero-order valence-electron chi connectivity index (χ0n) is 19.0. The van der Waals surface area contributed by atoms with Gasteiger partial charge in [0.2, 0.25) is 0 Å². The van der Waals surface area contributed by atoms with Gasteiger partial charge in [0, 0.05) is 23.1 Å². The Morgan fingerprint density at radius 1 is 0.968 bits per heavy atom. The fraction of sp³-hybridized carbons (Fsp3) is 0.333. The summed E-state index contributed by atoms with van der Waals surface area (Å²) in [7, 11) is 0. The molecule has 0 saturated carbocycles. The number of hydrogen-bond acceptors (Lipinski definition) is 2. The first kappa shape index (κ1) is 22.5. The van der Waals surface area contributed by atoms with Gasteiger partial charge in [-0.15, -0.1) is 0 Å². The molecular weight excluding hydrogens is 384 g/mol. The summed E-state index contributed by atoms with van der Waals surface area (Å²) < 4.78 is 0. The van der Waals surface area contributed by atoms with E-state index in [1.54, 1.807) is 4.90 Å². The summed E-state index contributed by atoms with van der Waals surface area (Å²) in [5.74, 6) is -0.245. The fourth-order valence-electron chi connectivity index (χ4n) is 3.92. The van der Waals surface area contributed by atoms with E-state index in [9.17, 15) is 9.59 Å². The van der Waals surface area contributed by atoms with Crippen molar-refractivity contribution in [3.05, 3.63) is 98.5 Å². The van der Waals surface area contributed by atoms with Crippen LogP contribution >= 0.6 is 0 Å². The predicted molar refractivity (Wildman–Crippen MR) is 128 cm³/mol. The van der Waals surface area contributed by atoms with Crippen LogP contribution in [0.15, 0.2) is 59.4 Å². The van der Waals surface area contributed by atoms with Gasteiger partial charge in [-0.3, -0.25) is 9.59 Å². The third-order valence-electron chi connectivity index (χ3n) is 5.78. The number of aryl methyl sites for hydroxylation is 3. The highest BCUT2D eigenvalue weighted by molar-refractivity contribution is 6.07. The zero-order valence-corrected chi connectivity index (χ0v) is 19.0. The highest BCUT2D eigenvalue weighted by Crippen LogP contribution is 2.26. The Morgan fingerprint density at radius 3 is 2.42 bits per heavy atom. The number of amides is 1. The van der Waals surface area contributed by atoms with E-state index in [1.165, 1.54) is 6.07 Å². The Kier molecular flexibility index (Phi) is 7.45. The van der Waals surface area contributed by atoms with E-state index >= 15 is 0 Å². The number of carbonyl (C=O) groups is 1. The van der Waals surface area contributed by atoms with E-state index in [4.69, 9.17) is 0 Å². The monoisotopic (exact) mass is 416 g/mol. The Morgan fingerprint density at radius 2 is 1.71 bits per heavy atom. The Balaban J connectivity index is 2.10. The van der Waals surface area contributed by atoms with Gasteiger partial charge in [-0.2, -0.15) is 0 Å². The molecule has 3 rings (SSSR count). The van der Waals surface area contributed by atoms with Crippen molar-refractivity contribution in [3.8, 4) is 0 Å². The molecule has 0 bridgehead atoms. The first-order valence-corrected chi connectivity index (χ1v) is 11.1. The van der Waals surface area contributed by atoms with Crippen LogP contribution < -0.4 is 10.3 Å². The van der Waals surface area contributed by atoms with Gasteiger partial charge < -0.3 is 9.88 Å². The molecule has 0 aliphatic heterocycles. The van der Waals surface area contributed by atoms with E-state index in [2.05, 4.69) is 11.9 Å². The highest BCUT2D eigenvalue weighted by Gasteiger charge is 2.25. The Labute approximate surface area is 184 Å². The Bertz CT molecular complexity index is 1100. The topological polar surface area (TPSA) is 53.2 Å². The van der Waals surface area contributed by atoms with Crippen molar-refractivity contribution in [2.24, 2.45) is 0 Å². The fourth-order valence-corrected chi connectivity index (χ4v) is 3.92. The van der Waals surface area contributed by atoms with E-state index < -0.39 is 0 Å². The molecule has 162 valence electrons. The van der Waals surface area contributed by atoms with Crippen molar-refractivity contribution >= 4 is 11.6 Å². The number of unbranched alkanes of at least 4 members (excludes halogenated alkanes) is 2. The number of benzene rings is 2. The summed E-state index contributed by atoms with van der Waals surface area (Å²) in [6.07, 6.45) is 3.78. The highest BCUT2D eigenvalue weighted by atomic mass is 16.2. The number of pyridine rings is 1. The van der Waals surface area contributed by atoms with Crippen LogP contribution in [0.4, 0.5) is 5.69 Å². The molecule has 0 fully saturated rings. The molecule has 1 heterocycles. The summed E-state index contributed by atoms with van der Waals surface area (Å²) in [4.78, 5) is 32.0. The minimum absolute atomic E-state index is 0.212. The lowest BCUT2D eigenvalue weighted by molar-refractivity contribution is 0.0982. The maximum Gasteiger partial charge on any atom is 0.264 e. The number of aromatic nitrogens is 1. The lowest BCUT2D eigenvalue weighted by Crippen LogP contribution is -2.36. The molecule has 4 nitrogen and oxygen atoms in total. The molecule has 0 aliphatic carbocycles. The second kappa shape index (κ2) is 10.3. The lowest BCUT2D eigenvalue weighted by Gasteiger charge is -2.26. The molecule has 4 heteroatoms. The normalized spacial score (nSPS) is 10.8. The zero-order chi connectivity index (χ0) is 22.4. The van der Waals surface area contributed by atoms with Crippen LogP contribution in [-0.4, -0.2) is 10.9 Å². The number of aromatic amines is 1. The van der Waals surface area contributed by atoms with Crippen LogP contribution in [-0.2, 0) is 13.0 Å². The lowest BCUT2D eigenvalue weighted by atomic mass is 10.0. The molecule has 0 radical (unpaired) electrons. The van der Waals surface area contributed by atoms with Gasteiger partial charge >= 0.3 is 0 Å². The third-order valence-corrected chi connectivity index (χ3v) is 5.78. The van der Waals surface area contributed by atoms with Gasteiger partial charge in [0.15, 0.2) is 5.43 Å². The summed E-state index contributed by atoms with van der Waals surface area (Å²) in [5, 5.41) is 0. The van der Waals surface area contributed by atoms with Gasteiger partial charge in [-0.25, -0.2) is 0 Å². The van der Waals surface area contributed by atoms with Gasteiger partial charge in [-0.1, -0.05) is 62.2 Å². The third kappa shape index (κ3) is 5.32. The molecule has 0 aliphatic rings. The largest absolute Gasteiger partial charge is 0.362 e. The minimum Gasteiger partial charge on any atom is -0.362 e. The standard InChI is InChI=1S/C27H32N2O2/c1-5-6-8-15-23-26(25(30)17-20(3)28-23)27(31)29(18-22-13-9-7-10-14-22)24-16-11-12-19(2)21(24)4/h7,9-14,16-17H,5-6,8,15,18H2,1-4H3,(H,28,30). The maximum atomic E-state index is 13.9. The molecule has 1 amide bonds. The summed E-state index contributed by atoms with van der Waals surface area (Å²) in [6, 6.07) is 17.4. The summed E-state index contributed by atoms with van der Waals surface area (Å²) in [5.41, 5.74) is 5.60. The van der Waals surface area contributed by atoms with Crippen molar-refractivity contribution in [2.45, 2.75) is 59.9 Å². The quantitative estimate of drug-likeness (QED) is 0.466. The van der Waals surface area contributed by atoms with Crippen LogP contribution in [0.5, 0.6) is 0 Å². The van der Waals surface area contributed by atoms with E-state index in [0.29, 0.717) is 13.0 Å². The maximum absolute atomic E-state index is 13.9. The van der Waals surface area contributed by atoms with Crippen LogP contribution in [0, 0.1) is 20.8 Å². The van der Waals surface area contributed by atoms with Crippen LogP contribution in [0.2, 0.25) is 0 Å². The van der Waals surface area contributed by atoms with Gasteiger partial charge in [0.05, 0.1) is 6.54 Å². The molecule has 3 aromatic rings. The molecule has 0 spiro atoms. The number of anilines is 1. The SMILES string of the molecule is CCCCCc1[nH]c(C)cc(=O)c1C(=O)N(Cc1ccccc1)c1cccc(C)c1C. The van der Waals surface area contributed by atoms with Gasteiger partial charge in [0.25, 0.3) is 5.91 Å². The number of rotatable bonds is 8. The first-order valence-electron chi connectivity index (χ1n) is 11.1. The number of hydrogen-bond donors (Lipinski definition) is 1. The summed E-state index contributed by atoms with van der Waals surface area (Å²) >= 11 is 0. The smallest absolute Gasteiger partial charge is 0.264 e. The van der Waals surface area contributed by atoms with Crippen LogP contribution in [0.1, 0.15) is 64.6 Å². The van der Waals surface area contributed by atoms with Crippen molar-refractivity contribution in [3.63, 3.8) is 0 Å². The van der Waals surface area contributed by atoms with Crippen LogP contribution in [0.3, 0.4) is 0 Å². The van der Waals surface area contributed by atoms with E-state index in [-0.39, 0.29) is 16.9 Å². The number of carbonyl (C=O) groups excluding carboxylic acids is 1. The Hall–Kier alpha value is -3.14. The predicted octanol–water partition coefficient (Wildman–Crippen LogP) is 5.88. The summed E-state index contributed by atoms with van der Waals surface area (Å²) in [6.45, 7) is 8.49. The second-order valence-corrected chi connectivity index (χ2v) is 8.22. The van der Waals surface area contributed by atoms with Crippen molar-refractivity contribution in [1.82, 2.24) is 4.98 Å². The molecule has 2 aromatic carbocycles. The number of nitrogens with one attached hydrogen (secondary N) is 1. The minimum atomic E-state index is -0.245. The molecular formula is C27H32N2O2. The van der Waals surface area contributed by atoms with Crippen molar-refractivity contribution < 1.29 is 4.79 Å². The molecule has 0 atom stereocenters. The van der Waals surface area contributed by atoms with E-state index in [1.807, 2.05) is 69.3 Å². The van der Waals surface area contributed by atoms with E-state index in [0.717, 1.165) is 53.0 Å². The molecule has 31 heavy (non-hydrogen) atoms. The van der Waals surface area contributed by atoms with Gasteiger partial charge in [-0.05, 0) is 56.4 Å².